The van der Waals surface area contributed by atoms with E-state index in [-0.39, 0.29) is 0 Å². The van der Waals surface area contributed by atoms with Crippen molar-refractivity contribution < 1.29 is 0 Å². The van der Waals surface area contributed by atoms with Gasteiger partial charge >= 0.3 is 0 Å². The topological polar surface area (TPSA) is 14.3 Å². The Hall–Kier alpha value is -6.84. The largest absolute Gasteiger partial charge is 0.309 e. The Balaban J connectivity index is 1.20. The van der Waals surface area contributed by atoms with Gasteiger partial charge in [0.05, 0.1) is 38.6 Å². The molecule has 12 rings (SSSR count). The van der Waals surface area contributed by atoms with Gasteiger partial charge in [-0.2, -0.15) is 0 Å². The van der Waals surface area contributed by atoms with Gasteiger partial charge in [-0.25, -0.2) is 0 Å². The van der Waals surface area contributed by atoms with Gasteiger partial charge in [0.15, 0.2) is 0 Å². The average Bonchev–Trinajstić information content (AvgIpc) is 3.92. The van der Waals surface area contributed by atoms with Crippen molar-refractivity contribution in [3.63, 3.8) is 0 Å². The second kappa shape index (κ2) is 9.87. The van der Waals surface area contributed by atoms with Crippen molar-refractivity contribution in [3.8, 4) is 22.5 Å². The van der Waals surface area contributed by atoms with Crippen molar-refractivity contribution in [1.82, 2.24) is 13.5 Å². The van der Waals surface area contributed by atoms with Crippen LogP contribution in [0, 0.1) is 0 Å². The molecule has 4 heterocycles. The van der Waals surface area contributed by atoms with Crippen LogP contribution in [0.4, 0.5) is 0 Å². The fourth-order valence-corrected chi connectivity index (χ4v) is 9.07. The molecule has 0 amide bonds. The second-order valence-electron chi connectivity index (χ2n) is 13.7. The van der Waals surface area contributed by atoms with Gasteiger partial charge in [0.1, 0.15) is 0 Å². The molecule has 0 aliphatic rings. The zero-order chi connectivity index (χ0) is 33.2. The van der Waals surface area contributed by atoms with Crippen molar-refractivity contribution >= 4 is 81.7 Å². The molecule has 0 aliphatic heterocycles. The summed E-state index contributed by atoms with van der Waals surface area (Å²) in [5.41, 5.74) is 13.4. The van der Waals surface area contributed by atoms with Gasteiger partial charge in [-0.3, -0.25) is 0 Å². The molecule has 3 heteroatoms. The Morgan fingerprint density at radius 2 is 0.824 bits per heavy atom. The SMILES string of the molecule is c1ccc(-c2cccc(-n3c4ccccc4c4ccc5c(c6ccccc6n5-c5ccc6c7cccc8c9ccccc9n(c6c5)c87)c43)c2)cc1. The monoisotopic (exact) mass is 647 g/mol. The smallest absolute Gasteiger partial charge is 0.0641 e. The molecule has 0 radical (unpaired) electrons. The molecule has 0 aliphatic carbocycles. The molecule has 0 unspecified atom stereocenters. The molecule has 4 aromatic heterocycles. The third kappa shape index (κ3) is 3.52. The van der Waals surface area contributed by atoms with Gasteiger partial charge in [0, 0.05) is 54.5 Å². The second-order valence-corrected chi connectivity index (χ2v) is 13.7. The minimum Gasteiger partial charge on any atom is -0.309 e. The summed E-state index contributed by atoms with van der Waals surface area (Å²) in [6, 6.07) is 64.6. The summed E-state index contributed by atoms with van der Waals surface area (Å²) >= 11 is 0. The summed E-state index contributed by atoms with van der Waals surface area (Å²) in [4.78, 5) is 0. The van der Waals surface area contributed by atoms with Crippen LogP contribution in [0.25, 0.3) is 104 Å². The van der Waals surface area contributed by atoms with E-state index in [1.54, 1.807) is 0 Å². The minimum absolute atomic E-state index is 1.16. The van der Waals surface area contributed by atoms with Gasteiger partial charge in [0.25, 0.3) is 0 Å². The van der Waals surface area contributed by atoms with Crippen LogP contribution in [0.5, 0.6) is 0 Å². The highest BCUT2D eigenvalue weighted by Gasteiger charge is 2.22. The Labute approximate surface area is 292 Å². The van der Waals surface area contributed by atoms with Crippen LogP contribution in [-0.4, -0.2) is 13.5 Å². The van der Waals surface area contributed by atoms with Gasteiger partial charge in [-0.05, 0) is 59.7 Å². The molecule has 0 spiro atoms. The number of benzene rings is 8. The van der Waals surface area contributed by atoms with Gasteiger partial charge in [-0.15, -0.1) is 0 Å². The number of rotatable bonds is 3. The maximum Gasteiger partial charge on any atom is 0.0641 e. The molecule has 0 saturated carbocycles. The summed E-state index contributed by atoms with van der Waals surface area (Å²) in [5.74, 6) is 0. The van der Waals surface area contributed by atoms with Gasteiger partial charge in [-0.1, -0.05) is 127 Å². The normalized spacial score (nSPS) is 12.3. The Kier molecular flexibility index (Phi) is 5.23. The quantitative estimate of drug-likeness (QED) is 0.181. The summed E-state index contributed by atoms with van der Waals surface area (Å²) in [6.45, 7) is 0. The lowest BCUT2D eigenvalue weighted by atomic mass is 10.0. The lowest BCUT2D eigenvalue weighted by Gasteiger charge is -2.12. The van der Waals surface area contributed by atoms with Crippen LogP contribution in [0.2, 0.25) is 0 Å². The molecule has 0 saturated heterocycles. The predicted octanol–water partition coefficient (Wildman–Crippen LogP) is 12.7. The highest BCUT2D eigenvalue weighted by atomic mass is 15.0. The summed E-state index contributed by atoms with van der Waals surface area (Å²) in [6.07, 6.45) is 0. The van der Waals surface area contributed by atoms with Crippen molar-refractivity contribution in [2.24, 2.45) is 0 Å². The van der Waals surface area contributed by atoms with E-state index in [2.05, 4.69) is 189 Å². The third-order valence-electron chi connectivity index (χ3n) is 11.1. The molecular formula is C48H29N3. The molecule has 8 aromatic carbocycles. The standard InChI is InChI=1S/C48H29N3/c1-2-12-30(13-3-1)31-14-10-15-32(28-31)50-41-21-7-4-17-35(41)39-26-27-44-46(48(39)50)40-18-6-9-23-43(40)49(44)33-24-25-36-38-20-11-19-37-34-16-5-8-22-42(34)51(47(37)38)45(36)29-33/h1-29H. The number of hydrogen-bond donors (Lipinski definition) is 0. The first-order chi connectivity index (χ1) is 25.3. The lowest BCUT2D eigenvalue weighted by molar-refractivity contribution is 1.17. The molecular weight excluding hydrogens is 619 g/mol. The fourth-order valence-electron chi connectivity index (χ4n) is 9.07. The van der Waals surface area contributed by atoms with Gasteiger partial charge < -0.3 is 13.5 Å². The first kappa shape index (κ1) is 27.0. The first-order valence-corrected chi connectivity index (χ1v) is 17.6. The molecule has 236 valence electrons. The van der Waals surface area contributed by atoms with Crippen LogP contribution in [-0.2, 0) is 0 Å². The van der Waals surface area contributed by atoms with E-state index in [0.29, 0.717) is 0 Å². The number of nitrogens with zero attached hydrogens (tertiary/aromatic N) is 3. The zero-order valence-electron chi connectivity index (χ0n) is 27.6. The highest BCUT2D eigenvalue weighted by Crippen LogP contribution is 2.44. The van der Waals surface area contributed by atoms with E-state index < -0.39 is 0 Å². The number of hydrogen-bond acceptors (Lipinski definition) is 0. The molecule has 3 nitrogen and oxygen atoms in total. The van der Waals surface area contributed by atoms with E-state index in [1.807, 2.05) is 0 Å². The van der Waals surface area contributed by atoms with Crippen LogP contribution < -0.4 is 0 Å². The highest BCUT2D eigenvalue weighted by molar-refractivity contribution is 6.27. The Morgan fingerprint density at radius 3 is 1.63 bits per heavy atom. The fraction of sp³-hybridized carbons (Fsp3) is 0. The van der Waals surface area contributed by atoms with Crippen molar-refractivity contribution in [1.29, 1.82) is 0 Å². The van der Waals surface area contributed by atoms with Crippen LogP contribution >= 0.6 is 0 Å². The number of para-hydroxylation sites is 4. The summed E-state index contributed by atoms with van der Waals surface area (Å²) < 4.78 is 7.43. The summed E-state index contributed by atoms with van der Waals surface area (Å²) in [5, 5.41) is 10.2. The van der Waals surface area contributed by atoms with Crippen LogP contribution in [0.3, 0.4) is 0 Å². The number of aromatic nitrogens is 3. The van der Waals surface area contributed by atoms with Gasteiger partial charge in [0.2, 0.25) is 0 Å². The molecule has 51 heavy (non-hydrogen) atoms. The van der Waals surface area contributed by atoms with E-state index in [0.717, 1.165) is 11.4 Å². The van der Waals surface area contributed by atoms with E-state index in [4.69, 9.17) is 0 Å². The molecule has 0 N–H and O–H groups in total. The molecule has 12 aromatic rings. The van der Waals surface area contributed by atoms with Crippen molar-refractivity contribution in [2.75, 3.05) is 0 Å². The number of fused-ring (bicyclic) bond motifs is 13. The van der Waals surface area contributed by atoms with Crippen LogP contribution in [0.15, 0.2) is 176 Å². The molecule has 0 bridgehead atoms. The minimum atomic E-state index is 1.16. The van der Waals surface area contributed by atoms with Crippen molar-refractivity contribution in [3.05, 3.63) is 176 Å². The predicted molar refractivity (Wildman–Crippen MR) is 215 cm³/mol. The van der Waals surface area contributed by atoms with Crippen molar-refractivity contribution in [2.45, 2.75) is 0 Å². The van der Waals surface area contributed by atoms with Crippen LogP contribution in [0.1, 0.15) is 0 Å². The maximum atomic E-state index is 2.48. The Morgan fingerprint density at radius 1 is 0.275 bits per heavy atom. The zero-order valence-corrected chi connectivity index (χ0v) is 27.6. The third-order valence-corrected chi connectivity index (χ3v) is 11.1. The molecule has 0 fully saturated rings. The van der Waals surface area contributed by atoms with E-state index in [9.17, 15) is 0 Å². The lowest BCUT2D eigenvalue weighted by Crippen LogP contribution is -1.96. The Bertz CT molecular complexity index is 3360. The maximum absolute atomic E-state index is 2.48. The van der Waals surface area contributed by atoms with E-state index in [1.165, 1.54) is 92.8 Å². The average molecular weight is 648 g/mol. The summed E-state index contributed by atoms with van der Waals surface area (Å²) in [7, 11) is 0. The molecule has 0 atom stereocenters. The van der Waals surface area contributed by atoms with E-state index >= 15 is 0 Å². The first-order valence-electron chi connectivity index (χ1n) is 17.6.